The van der Waals surface area contributed by atoms with Gasteiger partial charge in [-0.1, -0.05) is 0 Å². The van der Waals surface area contributed by atoms with Crippen LogP contribution >= 0.6 is 22.6 Å². The topological polar surface area (TPSA) is 52.0 Å². The van der Waals surface area contributed by atoms with Crippen LogP contribution in [0.3, 0.4) is 0 Å². The van der Waals surface area contributed by atoms with Crippen molar-refractivity contribution in [2.45, 2.75) is 4.90 Å². The molecule has 0 atom stereocenters. The molecule has 1 aromatic carbocycles. The summed E-state index contributed by atoms with van der Waals surface area (Å²) in [6.45, 7) is 0. The zero-order valence-corrected chi connectivity index (χ0v) is 11.2. The lowest BCUT2D eigenvalue weighted by Gasteiger charge is -1.99. The molecule has 0 aliphatic heterocycles. The average Bonchev–Trinajstić information content (AvgIpc) is 2.41. The molecule has 0 radical (unpaired) electrons. The summed E-state index contributed by atoms with van der Waals surface area (Å²) >= 11 is 2.13. The van der Waals surface area contributed by atoms with E-state index in [9.17, 15) is 8.42 Å². The van der Waals surface area contributed by atoms with Gasteiger partial charge in [0, 0.05) is 18.7 Å². The highest BCUT2D eigenvalue weighted by Gasteiger charge is 2.11. The van der Waals surface area contributed by atoms with E-state index < -0.39 is 9.84 Å². The van der Waals surface area contributed by atoms with Crippen molar-refractivity contribution in [2.75, 3.05) is 6.26 Å². The molecule has 0 saturated heterocycles. The molecule has 0 saturated carbocycles. The van der Waals surface area contributed by atoms with Crippen LogP contribution in [-0.4, -0.2) is 24.5 Å². The number of rotatable bonds is 1. The van der Waals surface area contributed by atoms with Crippen molar-refractivity contribution >= 4 is 43.3 Å². The third kappa shape index (κ3) is 1.87. The van der Waals surface area contributed by atoms with E-state index in [1.165, 1.54) is 6.26 Å². The Hall–Kier alpha value is -0.630. The van der Waals surface area contributed by atoms with Crippen molar-refractivity contribution in [1.29, 1.82) is 0 Å². The maximum Gasteiger partial charge on any atom is 0.175 e. The van der Waals surface area contributed by atoms with E-state index in [1.807, 2.05) is 0 Å². The Balaban J connectivity index is 2.82. The van der Waals surface area contributed by atoms with Gasteiger partial charge in [-0.15, -0.1) is 0 Å². The summed E-state index contributed by atoms with van der Waals surface area (Å²) in [7, 11) is -1.34. The Labute approximate surface area is 101 Å². The minimum atomic E-state index is -3.15. The quantitative estimate of drug-likeness (QED) is 0.743. The van der Waals surface area contributed by atoms with Gasteiger partial charge in [-0.2, -0.15) is 5.10 Å². The third-order valence-corrected chi connectivity index (χ3v) is 4.11. The Morgan fingerprint density at radius 1 is 1.40 bits per heavy atom. The SMILES string of the molecule is Cn1nc(I)c2ccc(S(C)(=O)=O)cc21. The zero-order valence-electron chi connectivity index (χ0n) is 8.23. The van der Waals surface area contributed by atoms with Gasteiger partial charge in [0.1, 0.15) is 3.70 Å². The highest BCUT2D eigenvalue weighted by atomic mass is 127. The molecule has 0 bridgehead atoms. The van der Waals surface area contributed by atoms with Gasteiger partial charge in [0.25, 0.3) is 0 Å². The van der Waals surface area contributed by atoms with Crippen molar-refractivity contribution in [3.63, 3.8) is 0 Å². The maximum atomic E-state index is 11.4. The van der Waals surface area contributed by atoms with Crippen LogP contribution in [0.4, 0.5) is 0 Å². The lowest BCUT2D eigenvalue weighted by molar-refractivity contribution is 0.602. The second-order valence-electron chi connectivity index (χ2n) is 3.37. The average molecular weight is 336 g/mol. The van der Waals surface area contributed by atoms with Crippen molar-refractivity contribution in [1.82, 2.24) is 9.78 Å². The normalized spacial score (nSPS) is 12.2. The molecule has 4 nitrogen and oxygen atoms in total. The first-order chi connectivity index (χ1) is 6.89. The van der Waals surface area contributed by atoms with Gasteiger partial charge in [-0.25, -0.2) is 8.42 Å². The van der Waals surface area contributed by atoms with E-state index in [2.05, 4.69) is 27.7 Å². The molecule has 2 rings (SSSR count). The molecular formula is C9H9IN2O2S. The fraction of sp³-hybridized carbons (Fsp3) is 0.222. The summed E-state index contributed by atoms with van der Waals surface area (Å²) < 4.78 is 25.3. The fourth-order valence-electron chi connectivity index (χ4n) is 1.42. The van der Waals surface area contributed by atoms with Crippen molar-refractivity contribution in [2.24, 2.45) is 7.05 Å². The second-order valence-corrected chi connectivity index (χ2v) is 6.40. The molecule has 0 aliphatic rings. The van der Waals surface area contributed by atoms with Crippen LogP contribution in [0, 0.1) is 3.70 Å². The number of hydrogen-bond acceptors (Lipinski definition) is 3. The van der Waals surface area contributed by atoms with Gasteiger partial charge in [0.2, 0.25) is 0 Å². The summed E-state index contributed by atoms with van der Waals surface area (Å²) in [6, 6.07) is 5.06. The van der Waals surface area contributed by atoms with Gasteiger partial charge in [0.05, 0.1) is 10.4 Å². The largest absolute Gasteiger partial charge is 0.267 e. The first-order valence-electron chi connectivity index (χ1n) is 4.22. The molecule has 80 valence electrons. The van der Waals surface area contributed by atoms with Gasteiger partial charge in [-0.3, -0.25) is 4.68 Å². The smallest absolute Gasteiger partial charge is 0.175 e. The highest BCUT2D eigenvalue weighted by molar-refractivity contribution is 14.1. The molecular weight excluding hydrogens is 327 g/mol. The van der Waals surface area contributed by atoms with Crippen LogP contribution in [0.1, 0.15) is 0 Å². The highest BCUT2D eigenvalue weighted by Crippen LogP contribution is 2.22. The van der Waals surface area contributed by atoms with E-state index in [0.29, 0.717) is 4.90 Å². The van der Waals surface area contributed by atoms with E-state index >= 15 is 0 Å². The van der Waals surface area contributed by atoms with E-state index in [0.717, 1.165) is 14.6 Å². The summed E-state index contributed by atoms with van der Waals surface area (Å²) in [6.07, 6.45) is 1.20. The number of halogens is 1. The molecule has 0 amide bonds. The number of aryl methyl sites for hydroxylation is 1. The lowest BCUT2D eigenvalue weighted by Crippen LogP contribution is -1.97. The molecule has 0 spiro atoms. The predicted molar refractivity (Wildman–Crippen MR) is 66.5 cm³/mol. The molecule has 0 unspecified atom stereocenters. The monoisotopic (exact) mass is 336 g/mol. The van der Waals surface area contributed by atoms with E-state index in [1.54, 1.807) is 29.9 Å². The number of aromatic nitrogens is 2. The number of hydrogen-bond donors (Lipinski definition) is 0. The molecule has 0 N–H and O–H groups in total. The Morgan fingerprint density at radius 2 is 2.07 bits per heavy atom. The Morgan fingerprint density at radius 3 is 2.67 bits per heavy atom. The van der Waals surface area contributed by atoms with Crippen LogP contribution in [0.15, 0.2) is 23.1 Å². The fourth-order valence-corrected chi connectivity index (χ4v) is 2.84. The standard InChI is InChI=1S/C9H9IN2O2S/c1-12-8-5-6(15(2,13)14)3-4-7(8)9(10)11-12/h3-5H,1-2H3. The van der Waals surface area contributed by atoms with Gasteiger partial charge < -0.3 is 0 Å². The van der Waals surface area contributed by atoms with Crippen molar-refractivity contribution in [3.8, 4) is 0 Å². The zero-order chi connectivity index (χ0) is 11.2. The predicted octanol–water partition coefficient (Wildman–Crippen LogP) is 1.58. The number of nitrogens with zero attached hydrogens (tertiary/aromatic N) is 2. The van der Waals surface area contributed by atoms with Gasteiger partial charge in [-0.05, 0) is 40.8 Å². The molecule has 0 aliphatic carbocycles. The second kappa shape index (κ2) is 3.44. The summed E-state index contributed by atoms with van der Waals surface area (Å²) in [5.41, 5.74) is 0.835. The summed E-state index contributed by atoms with van der Waals surface area (Å²) in [5.74, 6) is 0. The van der Waals surface area contributed by atoms with E-state index in [4.69, 9.17) is 0 Å². The number of benzene rings is 1. The van der Waals surface area contributed by atoms with Gasteiger partial charge in [0.15, 0.2) is 9.84 Å². The van der Waals surface area contributed by atoms with Crippen LogP contribution in [-0.2, 0) is 16.9 Å². The molecule has 0 fully saturated rings. The maximum absolute atomic E-state index is 11.4. The third-order valence-electron chi connectivity index (χ3n) is 2.21. The first kappa shape index (κ1) is 10.9. The van der Waals surface area contributed by atoms with Gasteiger partial charge >= 0.3 is 0 Å². The number of fused-ring (bicyclic) bond motifs is 1. The van der Waals surface area contributed by atoms with Crippen molar-refractivity contribution < 1.29 is 8.42 Å². The molecule has 2 aromatic rings. The minimum Gasteiger partial charge on any atom is -0.267 e. The van der Waals surface area contributed by atoms with Crippen LogP contribution in [0.5, 0.6) is 0 Å². The van der Waals surface area contributed by atoms with Crippen molar-refractivity contribution in [3.05, 3.63) is 21.9 Å². The Bertz CT molecular complexity index is 631. The van der Waals surface area contributed by atoms with Crippen LogP contribution in [0.2, 0.25) is 0 Å². The number of sulfone groups is 1. The Kier molecular flexibility index (Phi) is 2.50. The van der Waals surface area contributed by atoms with E-state index in [-0.39, 0.29) is 0 Å². The minimum absolute atomic E-state index is 0.328. The molecule has 1 heterocycles. The summed E-state index contributed by atoms with van der Waals surface area (Å²) in [5, 5.41) is 5.20. The lowest BCUT2D eigenvalue weighted by atomic mass is 10.2. The van der Waals surface area contributed by atoms with Crippen LogP contribution < -0.4 is 0 Å². The van der Waals surface area contributed by atoms with Crippen LogP contribution in [0.25, 0.3) is 10.9 Å². The summed E-state index contributed by atoms with van der Waals surface area (Å²) in [4.78, 5) is 0.328. The molecule has 15 heavy (non-hydrogen) atoms. The molecule has 1 aromatic heterocycles. The first-order valence-corrected chi connectivity index (χ1v) is 7.19. The molecule has 6 heteroatoms.